The van der Waals surface area contributed by atoms with E-state index in [1.54, 1.807) is 18.3 Å². The lowest BCUT2D eigenvalue weighted by Gasteiger charge is -2.14. The van der Waals surface area contributed by atoms with Crippen LogP contribution >= 0.6 is 0 Å². The number of hydrogen-bond donors (Lipinski definition) is 1. The topological polar surface area (TPSA) is 53.9 Å². The predicted octanol–water partition coefficient (Wildman–Crippen LogP) is 0.258. The number of nitrogens with zero attached hydrogens (tertiary/aromatic N) is 2. The maximum Gasteiger partial charge on any atom is 0.209 e. The summed E-state index contributed by atoms with van der Waals surface area (Å²) in [4.78, 5) is 16.2. The molecule has 2 atom stereocenters. The molecule has 1 amide bonds. The summed E-state index contributed by atoms with van der Waals surface area (Å²) in [5.41, 5.74) is 0.0417. The number of rotatable bonds is 1. The van der Waals surface area contributed by atoms with Crippen molar-refractivity contribution in [3.63, 3.8) is 0 Å². The van der Waals surface area contributed by atoms with Gasteiger partial charge in [0.15, 0.2) is 0 Å². The number of amides is 1. The lowest BCUT2D eigenvalue weighted by atomic mass is 10.2. The fraction of sp³-hybridized carbons (Fsp3) is 0.818. The van der Waals surface area contributed by atoms with Gasteiger partial charge in [0, 0.05) is 20.2 Å². The third kappa shape index (κ3) is 3.81. The second-order valence-corrected chi connectivity index (χ2v) is 4.99. The summed E-state index contributed by atoms with van der Waals surface area (Å²) in [5, 5.41) is 3.09. The summed E-state index contributed by atoms with van der Waals surface area (Å²) >= 11 is 0. The predicted molar refractivity (Wildman–Crippen MR) is 63.6 cm³/mol. The molecule has 5 nitrogen and oxygen atoms in total. The first-order valence-electron chi connectivity index (χ1n) is 5.48. The third-order valence-corrected chi connectivity index (χ3v) is 2.63. The average Bonchev–Trinajstić information content (AvgIpc) is 2.76. The number of likely N-dealkylation sites (tertiary alicyclic amines) is 1. The molecule has 2 aliphatic heterocycles. The molecule has 2 heterocycles. The molecule has 1 N–H and O–H groups in total. The molecule has 1 saturated heterocycles. The molecule has 0 radical (unpaired) electrons. The fourth-order valence-corrected chi connectivity index (χ4v) is 1.45. The minimum absolute atomic E-state index is 0.0417. The van der Waals surface area contributed by atoms with E-state index >= 15 is 0 Å². The van der Waals surface area contributed by atoms with Crippen LogP contribution in [0.2, 0.25) is 0 Å². The first-order valence-corrected chi connectivity index (χ1v) is 5.48. The van der Waals surface area contributed by atoms with E-state index in [1.165, 1.54) is 0 Å². The smallest absolute Gasteiger partial charge is 0.209 e. The molecule has 0 aromatic heterocycles. The number of fused-ring (bicyclic) bond motifs is 1. The molecule has 16 heavy (non-hydrogen) atoms. The van der Waals surface area contributed by atoms with E-state index in [2.05, 4.69) is 10.3 Å². The maximum atomic E-state index is 10.3. The molecule has 92 valence electrons. The minimum atomic E-state index is 0.0417. The van der Waals surface area contributed by atoms with Gasteiger partial charge in [-0.15, -0.1) is 0 Å². The zero-order chi connectivity index (χ0) is 12.2. The van der Waals surface area contributed by atoms with Gasteiger partial charge in [0.05, 0.1) is 24.0 Å². The molecule has 0 aromatic rings. The quantitative estimate of drug-likeness (QED) is 0.654. The Labute approximate surface area is 96.9 Å². The maximum absolute atomic E-state index is 10.3. The van der Waals surface area contributed by atoms with Gasteiger partial charge in [-0.05, 0) is 20.8 Å². The van der Waals surface area contributed by atoms with Crippen LogP contribution in [-0.4, -0.2) is 55.5 Å². The van der Waals surface area contributed by atoms with Crippen LogP contribution in [-0.2, 0) is 9.53 Å². The summed E-state index contributed by atoms with van der Waals surface area (Å²) in [6.45, 7) is 7.64. The van der Waals surface area contributed by atoms with Gasteiger partial charge in [0.25, 0.3) is 0 Å². The van der Waals surface area contributed by atoms with E-state index in [0.29, 0.717) is 12.1 Å². The standard InChI is InChI=1S/C6H9N3O.C5H12O/c10-4-9-1-5-6(2-9)8-3-7-5;1-5(2,3)6-4/h3-6H,1-2H2,(H,7,8);1-4H3. The Morgan fingerprint density at radius 3 is 2.56 bits per heavy atom. The van der Waals surface area contributed by atoms with Crippen molar-refractivity contribution in [1.29, 1.82) is 0 Å². The number of aliphatic imine (C=N–C) groups is 1. The van der Waals surface area contributed by atoms with E-state index in [0.717, 1.165) is 19.5 Å². The number of carbonyl (C=O) groups is 1. The van der Waals surface area contributed by atoms with Crippen LogP contribution < -0.4 is 5.32 Å². The highest BCUT2D eigenvalue weighted by Crippen LogP contribution is 2.13. The van der Waals surface area contributed by atoms with E-state index in [4.69, 9.17) is 4.74 Å². The van der Waals surface area contributed by atoms with Gasteiger partial charge >= 0.3 is 0 Å². The van der Waals surface area contributed by atoms with Crippen LogP contribution in [0.25, 0.3) is 0 Å². The molecule has 2 aliphatic rings. The van der Waals surface area contributed by atoms with Crippen molar-refractivity contribution < 1.29 is 9.53 Å². The first kappa shape index (κ1) is 13.0. The Morgan fingerprint density at radius 1 is 1.50 bits per heavy atom. The summed E-state index contributed by atoms with van der Waals surface area (Å²) in [6, 6.07) is 0.690. The highest BCUT2D eigenvalue weighted by Gasteiger charge is 2.33. The van der Waals surface area contributed by atoms with Crippen molar-refractivity contribution in [3.05, 3.63) is 0 Å². The Balaban J connectivity index is 0.000000187. The average molecular weight is 227 g/mol. The summed E-state index contributed by atoms with van der Waals surface area (Å²) in [5.74, 6) is 0. The monoisotopic (exact) mass is 227 g/mol. The molecule has 2 unspecified atom stereocenters. The SMILES string of the molecule is COC(C)(C)C.O=CN1CC2N=CNC2C1. The number of hydrogen-bond acceptors (Lipinski definition) is 4. The van der Waals surface area contributed by atoms with E-state index in [9.17, 15) is 4.79 Å². The Morgan fingerprint density at radius 2 is 2.12 bits per heavy atom. The van der Waals surface area contributed by atoms with Gasteiger partial charge in [-0.25, -0.2) is 0 Å². The zero-order valence-electron chi connectivity index (χ0n) is 10.4. The third-order valence-electron chi connectivity index (χ3n) is 2.63. The number of ether oxygens (including phenoxy) is 1. The van der Waals surface area contributed by atoms with Crippen LogP contribution in [0.3, 0.4) is 0 Å². The molecular weight excluding hydrogens is 206 g/mol. The zero-order valence-corrected chi connectivity index (χ0v) is 10.4. The van der Waals surface area contributed by atoms with Crippen molar-refractivity contribution >= 4 is 12.7 Å². The molecule has 0 saturated carbocycles. The van der Waals surface area contributed by atoms with Crippen LogP contribution in [0, 0.1) is 0 Å². The van der Waals surface area contributed by atoms with Crippen LogP contribution in [0.15, 0.2) is 4.99 Å². The fourth-order valence-electron chi connectivity index (χ4n) is 1.45. The van der Waals surface area contributed by atoms with Gasteiger partial charge in [0.2, 0.25) is 6.41 Å². The van der Waals surface area contributed by atoms with Gasteiger partial charge in [-0.1, -0.05) is 0 Å². The van der Waals surface area contributed by atoms with Crippen LogP contribution in [0.4, 0.5) is 0 Å². The van der Waals surface area contributed by atoms with Crippen molar-refractivity contribution in [2.75, 3.05) is 20.2 Å². The second-order valence-electron chi connectivity index (χ2n) is 4.99. The van der Waals surface area contributed by atoms with Crippen LogP contribution in [0.1, 0.15) is 20.8 Å². The van der Waals surface area contributed by atoms with Crippen molar-refractivity contribution in [3.8, 4) is 0 Å². The van der Waals surface area contributed by atoms with Crippen molar-refractivity contribution in [1.82, 2.24) is 10.2 Å². The number of carbonyl (C=O) groups excluding carboxylic acids is 1. The summed E-state index contributed by atoms with van der Waals surface area (Å²) in [7, 11) is 1.71. The second kappa shape index (κ2) is 5.30. The number of methoxy groups -OCH3 is 1. The van der Waals surface area contributed by atoms with Crippen molar-refractivity contribution in [2.24, 2.45) is 4.99 Å². The molecule has 5 heteroatoms. The molecule has 1 fully saturated rings. The molecule has 0 bridgehead atoms. The molecule has 0 aliphatic carbocycles. The minimum Gasteiger partial charge on any atom is -0.379 e. The molecule has 0 aromatic carbocycles. The van der Waals surface area contributed by atoms with Gasteiger partial charge in [-0.2, -0.15) is 0 Å². The number of nitrogens with one attached hydrogen (secondary N) is 1. The van der Waals surface area contributed by atoms with Crippen LogP contribution in [0.5, 0.6) is 0 Å². The van der Waals surface area contributed by atoms with Gasteiger partial charge in [0.1, 0.15) is 0 Å². The lowest BCUT2D eigenvalue weighted by molar-refractivity contribution is -0.117. The lowest BCUT2D eigenvalue weighted by Crippen LogP contribution is -2.31. The van der Waals surface area contributed by atoms with E-state index < -0.39 is 0 Å². The highest BCUT2D eigenvalue weighted by atomic mass is 16.5. The van der Waals surface area contributed by atoms with Crippen molar-refractivity contribution in [2.45, 2.75) is 38.5 Å². The Hall–Kier alpha value is -1.10. The normalized spacial score (nSPS) is 26.9. The highest BCUT2D eigenvalue weighted by molar-refractivity contribution is 5.60. The van der Waals surface area contributed by atoms with E-state index in [-0.39, 0.29) is 5.60 Å². The Bertz CT molecular complexity index is 260. The first-order chi connectivity index (χ1) is 7.46. The van der Waals surface area contributed by atoms with E-state index in [1.807, 2.05) is 20.8 Å². The Kier molecular flexibility index (Phi) is 4.29. The molecular formula is C11H21N3O2. The summed E-state index contributed by atoms with van der Waals surface area (Å²) in [6.07, 6.45) is 2.62. The van der Waals surface area contributed by atoms with Gasteiger partial charge in [-0.3, -0.25) is 9.79 Å². The summed E-state index contributed by atoms with van der Waals surface area (Å²) < 4.78 is 4.94. The largest absolute Gasteiger partial charge is 0.379 e. The molecule has 2 rings (SSSR count). The molecule has 0 spiro atoms. The van der Waals surface area contributed by atoms with Gasteiger partial charge < -0.3 is 15.0 Å².